The lowest BCUT2D eigenvalue weighted by Crippen LogP contribution is -2.24. The summed E-state index contributed by atoms with van der Waals surface area (Å²) in [5, 5.41) is 8.75. The highest BCUT2D eigenvalue weighted by molar-refractivity contribution is 5.96. The van der Waals surface area contributed by atoms with Gasteiger partial charge in [-0.25, -0.2) is 4.68 Å². The molecule has 6 heteroatoms. The Morgan fingerprint density at radius 1 is 0.933 bits per heavy atom. The Balaban J connectivity index is 1.49. The molecule has 0 aliphatic heterocycles. The van der Waals surface area contributed by atoms with Gasteiger partial charge in [-0.15, -0.1) is 0 Å². The van der Waals surface area contributed by atoms with E-state index in [1.54, 1.807) is 6.20 Å². The highest BCUT2D eigenvalue weighted by Crippen LogP contribution is 2.30. The normalized spacial score (nSPS) is 14.9. The molecule has 1 fully saturated rings. The van der Waals surface area contributed by atoms with E-state index in [0.29, 0.717) is 16.8 Å². The largest absolute Gasteiger partial charge is 0.331 e. The van der Waals surface area contributed by atoms with Crippen molar-refractivity contribution in [3.8, 4) is 0 Å². The summed E-state index contributed by atoms with van der Waals surface area (Å²) in [5.41, 5.74) is 1.52. The topological polar surface area (TPSA) is 68.9 Å². The molecule has 152 valence electrons. The van der Waals surface area contributed by atoms with Crippen LogP contribution in [0.15, 0.2) is 65.6 Å². The number of aromatic nitrogens is 3. The lowest BCUT2D eigenvalue weighted by atomic mass is 9.96. The molecule has 1 aliphatic carbocycles. The van der Waals surface area contributed by atoms with E-state index in [4.69, 9.17) is 0 Å². The van der Waals surface area contributed by atoms with Crippen LogP contribution in [0.25, 0.3) is 21.8 Å². The number of carbonyl (C=O) groups is 1. The van der Waals surface area contributed by atoms with E-state index in [2.05, 4.69) is 10.4 Å². The lowest BCUT2D eigenvalue weighted by Gasteiger charge is -2.24. The molecule has 2 aromatic carbocycles. The Morgan fingerprint density at radius 3 is 2.23 bits per heavy atom. The van der Waals surface area contributed by atoms with Gasteiger partial charge in [-0.3, -0.25) is 9.59 Å². The van der Waals surface area contributed by atoms with Gasteiger partial charge in [0.2, 0.25) is 5.91 Å². The highest BCUT2D eigenvalue weighted by Gasteiger charge is 2.20. The lowest BCUT2D eigenvalue weighted by molar-refractivity contribution is -0.116. The van der Waals surface area contributed by atoms with Gasteiger partial charge >= 0.3 is 0 Å². The molecule has 6 nitrogen and oxygen atoms in total. The van der Waals surface area contributed by atoms with Crippen molar-refractivity contribution in [3.05, 3.63) is 71.0 Å². The zero-order chi connectivity index (χ0) is 20.5. The Labute approximate surface area is 174 Å². The first kappa shape index (κ1) is 18.6. The van der Waals surface area contributed by atoms with Crippen molar-refractivity contribution in [2.75, 3.05) is 5.32 Å². The number of hydrogen-bond donors (Lipinski definition) is 1. The second kappa shape index (κ2) is 7.78. The van der Waals surface area contributed by atoms with Crippen LogP contribution in [-0.4, -0.2) is 20.3 Å². The van der Waals surface area contributed by atoms with Crippen molar-refractivity contribution in [2.24, 2.45) is 0 Å². The van der Waals surface area contributed by atoms with E-state index < -0.39 is 0 Å². The summed E-state index contributed by atoms with van der Waals surface area (Å²) >= 11 is 0. The summed E-state index contributed by atoms with van der Waals surface area (Å²) in [4.78, 5) is 25.9. The van der Waals surface area contributed by atoms with Crippen LogP contribution in [0.4, 0.5) is 5.82 Å². The predicted molar refractivity (Wildman–Crippen MR) is 119 cm³/mol. The van der Waals surface area contributed by atoms with Gasteiger partial charge in [0.25, 0.3) is 0 Å². The number of rotatable bonds is 4. The quantitative estimate of drug-likeness (QED) is 0.513. The number of pyridine rings is 1. The average Bonchev–Trinajstić information content (AvgIpc) is 3.25. The van der Waals surface area contributed by atoms with Crippen LogP contribution in [-0.2, 0) is 11.3 Å². The zero-order valence-corrected chi connectivity index (χ0v) is 16.8. The van der Waals surface area contributed by atoms with Gasteiger partial charge in [0, 0.05) is 16.8 Å². The van der Waals surface area contributed by atoms with Crippen LogP contribution in [0.5, 0.6) is 0 Å². The Kier molecular flexibility index (Phi) is 4.83. The van der Waals surface area contributed by atoms with Crippen molar-refractivity contribution in [3.63, 3.8) is 0 Å². The standard InChI is InChI=1S/C24H24N4O2/c29-23(26-22-14-15-25-28(22)17-8-2-1-3-9-17)16-27-20-12-6-4-10-18(20)24(30)19-11-5-7-13-21(19)27/h4-7,10-15,17H,1-3,8-9,16H2,(H,26,29). The Morgan fingerprint density at radius 2 is 1.57 bits per heavy atom. The number of fused-ring (bicyclic) bond motifs is 2. The number of benzene rings is 2. The molecule has 30 heavy (non-hydrogen) atoms. The second-order valence-electron chi connectivity index (χ2n) is 7.95. The van der Waals surface area contributed by atoms with Gasteiger partial charge in [0.1, 0.15) is 12.4 Å². The second-order valence-corrected chi connectivity index (χ2v) is 7.95. The van der Waals surface area contributed by atoms with Crippen LogP contribution < -0.4 is 10.7 Å². The summed E-state index contributed by atoms with van der Waals surface area (Å²) in [6, 6.07) is 17.1. The van der Waals surface area contributed by atoms with Crippen LogP contribution >= 0.6 is 0 Å². The van der Waals surface area contributed by atoms with Crippen molar-refractivity contribution < 1.29 is 4.79 Å². The number of hydrogen-bond acceptors (Lipinski definition) is 3. The van der Waals surface area contributed by atoms with Crippen LogP contribution in [0.2, 0.25) is 0 Å². The summed E-state index contributed by atoms with van der Waals surface area (Å²) in [7, 11) is 0. The molecule has 0 unspecified atom stereocenters. The molecule has 0 spiro atoms. The number of para-hydroxylation sites is 2. The summed E-state index contributed by atoms with van der Waals surface area (Å²) in [6.07, 6.45) is 7.61. The molecule has 0 atom stereocenters. The van der Waals surface area contributed by atoms with Crippen molar-refractivity contribution in [1.29, 1.82) is 0 Å². The first-order valence-corrected chi connectivity index (χ1v) is 10.6. The third kappa shape index (κ3) is 3.28. The molecule has 5 rings (SSSR count). The van der Waals surface area contributed by atoms with Crippen molar-refractivity contribution in [1.82, 2.24) is 14.3 Å². The first-order chi connectivity index (χ1) is 14.7. The van der Waals surface area contributed by atoms with E-state index in [9.17, 15) is 9.59 Å². The highest BCUT2D eigenvalue weighted by atomic mass is 16.2. The predicted octanol–water partition coefficient (Wildman–Crippen LogP) is 4.50. The smallest absolute Gasteiger partial charge is 0.245 e. The number of nitrogens with zero attached hydrogens (tertiary/aromatic N) is 3. The van der Waals surface area contributed by atoms with E-state index >= 15 is 0 Å². The molecule has 0 saturated heterocycles. The first-order valence-electron chi connectivity index (χ1n) is 10.6. The maximum Gasteiger partial charge on any atom is 0.245 e. The summed E-state index contributed by atoms with van der Waals surface area (Å²) in [6.45, 7) is 0.122. The van der Waals surface area contributed by atoms with Gasteiger partial charge in [-0.05, 0) is 37.1 Å². The van der Waals surface area contributed by atoms with E-state index in [-0.39, 0.29) is 17.9 Å². The van der Waals surface area contributed by atoms with Crippen molar-refractivity contribution in [2.45, 2.75) is 44.7 Å². The molecule has 2 aromatic heterocycles. The minimum atomic E-state index is -0.133. The Hall–Kier alpha value is -3.41. The number of nitrogens with one attached hydrogen (secondary N) is 1. The fraction of sp³-hybridized carbons (Fsp3) is 0.292. The summed E-state index contributed by atoms with van der Waals surface area (Å²) < 4.78 is 3.88. The fourth-order valence-corrected chi connectivity index (χ4v) is 4.60. The summed E-state index contributed by atoms with van der Waals surface area (Å²) in [5.74, 6) is 0.605. The molecule has 2 heterocycles. The maximum atomic E-state index is 13.0. The van der Waals surface area contributed by atoms with Crippen molar-refractivity contribution >= 4 is 33.5 Å². The molecule has 1 aliphatic rings. The minimum absolute atomic E-state index is 0.00627. The number of carbonyl (C=O) groups excluding carboxylic acids is 1. The third-order valence-electron chi connectivity index (χ3n) is 6.04. The van der Waals surface area contributed by atoms with E-state index in [1.165, 1.54) is 19.3 Å². The molecular formula is C24H24N4O2. The number of anilines is 1. The van der Waals surface area contributed by atoms with E-state index in [0.717, 1.165) is 29.7 Å². The third-order valence-corrected chi connectivity index (χ3v) is 6.04. The average molecular weight is 400 g/mol. The van der Waals surface area contributed by atoms with Crippen LogP contribution in [0, 0.1) is 0 Å². The van der Waals surface area contributed by atoms with Gasteiger partial charge in [0.15, 0.2) is 5.43 Å². The minimum Gasteiger partial charge on any atom is -0.331 e. The molecule has 1 saturated carbocycles. The molecule has 1 N–H and O–H groups in total. The van der Waals surface area contributed by atoms with Crippen LogP contribution in [0.3, 0.4) is 0 Å². The van der Waals surface area contributed by atoms with Gasteiger partial charge in [-0.2, -0.15) is 5.10 Å². The molecule has 4 aromatic rings. The molecular weight excluding hydrogens is 376 g/mol. The fourth-order valence-electron chi connectivity index (χ4n) is 4.60. The van der Waals surface area contributed by atoms with E-state index in [1.807, 2.05) is 63.8 Å². The zero-order valence-electron chi connectivity index (χ0n) is 16.8. The SMILES string of the molecule is O=C(Cn1c2ccccc2c(=O)c2ccccc21)Nc1ccnn1C1CCCCC1. The number of amides is 1. The van der Waals surface area contributed by atoms with Crippen LogP contribution in [0.1, 0.15) is 38.1 Å². The van der Waals surface area contributed by atoms with Gasteiger partial charge in [-0.1, -0.05) is 43.5 Å². The molecule has 0 bridgehead atoms. The van der Waals surface area contributed by atoms with Gasteiger partial charge < -0.3 is 9.88 Å². The molecule has 0 radical (unpaired) electrons. The molecule has 1 amide bonds. The van der Waals surface area contributed by atoms with Gasteiger partial charge in [0.05, 0.1) is 23.3 Å². The maximum absolute atomic E-state index is 13.0. The monoisotopic (exact) mass is 400 g/mol. The Bertz CT molecular complexity index is 1220.